The molecule has 6 nitrogen and oxygen atoms in total. The van der Waals surface area contributed by atoms with Crippen molar-refractivity contribution in [1.29, 1.82) is 0 Å². The van der Waals surface area contributed by atoms with E-state index in [1.165, 1.54) is 0 Å². The van der Waals surface area contributed by atoms with Crippen LogP contribution in [0.4, 0.5) is 0 Å². The number of allylic oxidation sites excluding steroid dienone is 1. The molecule has 68 valence electrons. The van der Waals surface area contributed by atoms with Gasteiger partial charge >= 0.3 is 0 Å². The van der Waals surface area contributed by atoms with Crippen molar-refractivity contribution in [2.24, 2.45) is 0 Å². The van der Waals surface area contributed by atoms with E-state index in [9.17, 15) is 0 Å². The van der Waals surface area contributed by atoms with Gasteiger partial charge in [0.05, 0.1) is 0 Å². The minimum atomic E-state index is -3.29. The lowest BCUT2D eigenvalue weighted by atomic mass is 9.98. The highest BCUT2D eigenvalue weighted by Gasteiger charge is 2.52. The predicted molar refractivity (Wildman–Crippen MR) is 35.8 cm³/mol. The molecule has 0 bridgehead atoms. The normalized spacial score (nSPS) is 26.0. The smallest absolute Gasteiger partial charge is 0.286 e. The largest absolute Gasteiger partial charge is 0.504 e. The maximum atomic E-state index is 8.88. The molecule has 0 saturated heterocycles. The molecule has 12 heavy (non-hydrogen) atoms. The van der Waals surface area contributed by atoms with E-state index in [1.54, 1.807) is 0 Å². The van der Waals surface area contributed by atoms with Gasteiger partial charge in [-0.15, -0.1) is 0 Å². The van der Waals surface area contributed by atoms with Crippen LogP contribution in [0.5, 0.6) is 0 Å². The molecule has 1 aliphatic rings. The van der Waals surface area contributed by atoms with Crippen LogP contribution in [0.15, 0.2) is 23.7 Å². The van der Waals surface area contributed by atoms with Gasteiger partial charge in [-0.25, -0.2) is 0 Å². The van der Waals surface area contributed by atoms with E-state index in [0.29, 0.717) is 6.08 Å². The zero-order valence-electron chi connectivity index (χ0n) is 5.84. The third-order valence-electron chi connectivity index (χ3n) is 1.56. The Labute approximate surface area is 66.9 Å². The van der Waals surface area contributed by atoms with Gasteiger partial charge in [-0.2, -0.15) is 0 Å². The van der Waals surface area contributed by atoms with Gasteiger partial charge in [0.1, 0.15) is 0 Å². The minimum absolute atomic E-state index is 0.530. The summed E-state index contributed by atoms with van der Waals surface area (Å²) in [4.78, 5) is 0. The summed E-state index contributed by atoms with van der Waals surface area (Å²) in [5.74, 6) is -8.44. The highest BCUT2D eigenvalue weighted by Crippen LogP contribution is 2.30. The van der Waals surface area contributed by atoms with Gasteiger partial charge in [0, 0.05) is 0 Å². The van der Waals surface area contributed by atoms with Crippen molar-refractivity contribution in [1.82, 2.24) is 0 Å². The molecular weight excluding hydrogens is 168 g/mol. The fraction of sp³-hybridized carbons (Fsp3) is 0.333. The summed E-state index contributed by atoms with van der Waals surface area (Å²) in [5.41, 5.74) is 0. The van der Waals surface area contributed by atoms with Crippen molar-refractivity contribution in [3.05, 3.63) is 23.7 Å². The molecule has 0 aliphatic heterocycles. The maximum absolute atomic E-state index is 8.88. The second kappa shape index (κ2) is 2.20. The van der Waals surface area contributed by atoms with Crippen molar-refractivity contribution in [2.45, 2.75) is 11.6 Å². The van der Waals surface area contributed by atoms with Gasteiger partial charge in [0.25, 0.3) is 5.79 Å². The van der Waals surface area contributed by atoms with Gasteiger partial charge in [0.2, 0.25) is 11.5 Å². The van der Waals surface area contributed by atoms with Crippen LogP contribution in [-0.4, -0.2) is 42.2 Å². The van der Waals surface area contributed by atoms with Crippen LogP contribution in [-0.2, 0) is 0 Å². The first-order valence-corrected chi connectivity index (χ1v) is 3.00. The fourth-order valence-corrected chi connectivity index (χ4v) is 0.743. The minimum Gasteiger partial charge on any atom is -0.504 e. The predicted octanol–water partition coefficient (Wildman–Crippen LogP) is -1.75. The van der Waals surface area contributed by atoms with Crippen molar-refractivity contribution >= 4 is 0 Å². The Morgan fingerprint density at radius 2 is 1.50 bits per heavy atom. The second-order valence-electron chi connectivity index (χ2n) is 2.47. The Bertz CT molecular complexity index is 261. The molecule has 6 heteroatoms. The third-order valence-corrected chi connectivity index (χ3v) is 1.56. The summed E-state index contributed by atoms with van der Waals surface area (Å²) in [7, 11) is 0. The summed E-state index contributed by atoms with van der Waals surface area (Å²) >= 11 is 0. The van der Waals surface area contributed by atoms with Gasteiger partial charge in [-0.3, -0.25) is 0 Å². The summed E-state index contributed by atoms with van der Waals surface area (Å²) in [6.45, 7) is 0. The van der Waals surface area contributed by atoms with Crippen molar-refractivity contribution in [3.63, 3.8) is 0 Å². The Balaban J connectivity index is 3.21. The lowest BCUT2D eigenvalue weighted by Gasteiger charge is -2.33. The van der Waals surface area contributed by atoms with E-state index in [1.807, 2.05) is 0 Å². The third kappa shape index (κ3) is 0.978. The molecule has 0 saturated carbocycles. The summed E-state index contributed by atoms with van der Waals surface area (Å²) < 4.78 is 0. The van der Waals surface area contributed by atoms with E-state index in [2.05, 4.69) is 0 Å². The Hall–Kier alpha value is -1.08. The second-order valence-corrected chi connectivity index (χ2v) is 2.47. The van der Waals surface area contributed by atoms with E-state index in [-0.39, 0.29) is 0 Å². The van der Waals surface area contributed by atoms with Gasteiger partial charge in [0.15, 0.2) is 5.76 Å². The molecule has 0 amide bonds. The molecule has 1 rings (SSSR count). The lowest BCUT2D eigenvalue weighted by Crippen LogP contribution is -2.56. The van der Waals surface area contributed by atoms with E-state index < -0.39 is 23.1 Å². The summed E-state index contributed by atoms with van der Waals surface area (Å²) in [5, 5.41) is 53.0. The van der Waals surface area contributed by atoms with Crippen LogP contribution in [0, 0.1) is 0 Å². The molecule has 0 unspecified atom stereocenters. The number of rotatable bonds is 0. The Kier molecular flexibility index (Phi) is 1.66. The van der Waals surface area contributed by atoms with Gasteiger partial charge in [-0.05, 0) is 12.2 Å². The average Bonchev–Trinajstić information content (AvgIpc) is 1.96. The summed E-state index contributed by atoms with van der Waals surface area (Å²) in [6.07, 6.45) is 1.27. The molecular formula is C6H8O6. The van der Waals surface area contributed by atoms with Gasteiger partial charge < -0.3 is 30.6 Å². The monoisotopic (exact) mass is 176 g/mol. The molecule has 0 spiro atoms. The first-order valence-electron chi connectivity index (χ1n) is 3.00. The number of hydrogen-bond donors (Lipinski definition) is 6. The van der Waals surface area contributed by atoms with Crippen LogP contribution in [0.1, 0.15) is 0 Å². The molecule has 0 aromatic carbocycles. The highest BCUT2D eigenvalue weighted by atomic mass is 16.6. The first kappa shape index (κ1) is 9.01. The summed E-state index contributed by atoms with van der Waals surface area (Å²) in [6, 6.07) is 0. The zero-order valence-corrected chi connectivity index (χ0v) is 5.84. The van der Waals surface area contributed by atoms with Crippen molar-refractivity contribution < 1.29 is 30.6 Å². The maximum Gasteiger partial charge on any atom is 0.286 e. The number of aliphatic hydroxyl groups excluding tert-OH is 2. The van der Waals surface area contributed by atoms with Crippen LogP contribution < -0.4 is 0 Å². The molecule has 0 aromatic rings. The Morgan fingerprint density at radius 3 is 1.92 bits per heavy atom. The molecule has 0 heterocycles. The fourth-order valence-electron chi connectivity index (χ4n) is 0.743. The molecule has 0 radical (unpaired) electrons. The Morgan fingerprint density at radius 1 is 1.00 bits per heavy atom. The highest BCUT2D eigenvalue weighted by molar-refractivity contribution is 5.30. The van der Waals surface area contributed by atoms with Crippen LogP contribution in [0.25, 0.3) is 0 Å². The quantitative estimate of drug-likeness (QED) is 0.243. The van der Waals surface area contributed by atoms with Crippen LogP contribution in [0.3, 0.4) is 0 Å². The van der Waals surface area contributed by atoms with Gasteiger partial charge in [-0.1, -0.05) is 0 Å². The molecule has 0 fully saturated rings. The van der Waals surface area contributed by atoms with E-state index >= 15 is 0 Å². The van der Waals surface area contributed by atoms with Crippen LogP contribution >= 0.6 is 0 Å². The SMILES string of the molecule is OC1=C(O)C(O)(O)C(O)(O)C=C1. The molecule has 6 N–H and O–H groups in total. The first-order chi connectivity index (χ1) is 5.29. The van der Waals surface area contributed by atoms with E-state index in [4.69, 9.17) is 30.6 Å². The number of aliphatic hydroxyl groups is 6. The van der Waals surface area contributed by atoms with Crippen molar-refractivity contribution in [3.8, 4) is 0 Å². The topological polar surface area (TPSA) is 121 Å². The molecule has 1 aliphatic carbocycles. The average molecular weight is 176 g/mol. The van der Waals surface area contributed by atoms with Crippen molar-refractivity contribution in [2.75, 3.05) is 0 Å². The number of hydrogen-bond acceptors (Lipinski definition) is 6. The zero-order chi connectivity index (χ0) is 9.57. The molecule has 0 aromatic heterocycles. The van der Waals surface area contributed by atoms with Crippen LogP contribution in [0.2, 0.25) is 0 Å². The lowest BCUT2D eigenvalue weighted by molar-refractivity contribution is -0.326. The van der Waals surface area contributed by atoms with E-state index in [0.717, 1.165) is 6.08 Å². The molecule has 0 atom stereocenters. The standard InChI is InChI=1S/C6H8O6/c7-3-1-2-5(9,10)6(11,12)4(3)8/h1-2,7-12H.